The minimum atomic E-state index is -0.929. The maximum absolute atomic E-state index is 10.9. The predicted octanol–water partition coefficient (Wildman–Crippen LogP) is 6.00. The average Bonchev–Trinajstić information content (AvgIpc) is 2.99. The molecule has 2 aromatic rings. The second-order valence-electron chi connectivity index (χ2n) is 9.10. The first kappa shape index (κ1) is 19.5. The number of aromatic nitrogens is 1. The third kappa shape index (κ3) is 3.47. The Morgan fingerprint density at radius 1 is 1.11 bits per heavy atom. The summed E-state index contributed by atoms with van der Waals surface area (Å²) < 4.78 is 0. The number of benzene rings is 1. The molecule has 0 saturated carbocycles. The Balaban J connectivity index is 2.18. The number of aryl methyl sites for hydroxylation is 1. The lowest BCUT2D eigenvalue weighted by Crippen LogP contribution is -2.34. The molecule has 0 saturated heterocycles. The van der Waals surface area contributed by atoms with E-state index in [2.05, 4.69) is 58.7 Å². The highest BCUT2D eigenvalue weighted by Gasteiger charge is 2.37. The van der Waals surface area contributed by atoms with Gasteiger partial charge in [-0.15, -0.1) is 0 Å². The molecular weight excluding hydrogens is 334 g/mol. The molecule has 0 amide bonds. The fraction of sp³-hybridized carbons (Fsp3) is 0.458. The molecule has 3 rings (SSSR count). The predicted molar refractivity (Wildman–Crippen MR) is 112 cm³/mol. The van der Waals surface area contributed by atoms with Gasteiger partial charge in [0.25, 0.3) is 0 Å². The molecule has 1 aromatic heterocycles. The number of aliphatic carboxylic acids is 1. The zero-order chi connectivity index (χ0) is 20.0. The maximum atomic E-state index is 10.9. The largest absolute Gasteiger partial charge is 0.478 e. The number of nitrogens with one attached hydrogen (secondary N) is 1. The zero-order valence-electron chi connectivity index (χ0n) is 17.4. The molecule has 1 aliphatic rings. The van der Waals surface area contributed by atoms with E-state index in [1.807, 2.05) is 6.20 Å². The Morgan fingerprint density at radius 2 is 1.70 bits per heavy atom. The van der Waals surface area contributed by atoms with Crippen LogP contribution in [0.25, 0.3) is 17.2 Å². The van der Waals surface area contributed by atoms with Crippen LogP contribution in [0.2, 0.25) is 0 Å². The summed E-state index contributed by atoms with van der Waals surface area (Å²) in [4.78, 5) is 14.2. The van der Waals surface area contributed by atoms with Crippen molar-refractivity contribution in [2.24, 2.45) is 0 Å². The van der Waals surface area contributed by atoms with E-state index in [1.165, 1.54) is 52.3 Å². The van der Waals surface area contributed by atoms with Gasteiger partial charge in [0.2, 0.25) is 0 Å². The van der Waals surface area contributed by atoms with E-state index in [0.29, 0.717) is 0 Å². The number of carbonyl (C=O) groups is 1. The van der Waals surface area contributed by atoms with Gasteiger partial charge in [0, 0.05) is 23.5 Å². The summed E-state index contributed by atoms with van der Waals surface area (Å²) in [5, 5.41) is 8.94. The lowest BCUT2D eigenvalue weighted by Gasteiger charge is -2.42. The van der Waals surface area contributed by atoms with Gasteiger partial charge in [-0.2, -0.15) is 0 Å². The maximum Gasteiger partial charge on any atom is 0.328 e. The van der Waals surface area contributed by atoms with Crippen LogP contribution >= 0.6 is 0 Å². The fourth-order valence-corrected chi connectivity index (χ4v) is 4.41. The molecule has 27 heavy (non-hydrogen) atoms. The van der Waals surface area contributed by atoms with Gasteiger partial charge in [0.1, 0.15) is 0 Å². The van der Waals surface area contributed by atoms with Crippen LogP contribution in [0.5, 0.6) is 0 Å². The number of hydrogen-bond acceptors (Lipinski definition) is 1. The minimum absolute atomic E-state index is 0.169. The van der Waals surface area contributed by atoms with E-state index >= 15 is 0 Å². The van der Waals surface area contributed by atoms with Crippen LogP contribution in [0.4, 0.5) is 0 Å². The van der Waals surface area contributed by atoms with Crippen molar-refractivity contribution in [3.05, 3.63) is 52.4 Å². The number of carboxylic acid groups (broad SMARTS) is 1. The van der Waals surface area contributed by atoms with Gasteiger partial charge in [0.15, 0.2) is 0 Å². The summed E-state index contributed by atoms with van der Waals surface area (Å²) in [6.45, 7) is 13.7. The Labute approximate surface area is 162 Å². The topological polar surface area (TPSA) is 53.1 Å². The summed E-state index contributed by atoms with van der Waals surface area (Å²) in [6.07, 6.45) is 8.13. The van der Waals surface area contributed by atoms with Crippen LogP contribution in [-0.2, 0) is 22.0 Å². The van der Waals surface area contributed by atoms with Crippen molar-refractivity contribution >= 4 is 12.0 Å². The van der Waals surface area contributed by atoms with Gasteiger partial charge in [0.05, 0.1) is 0 Å². The van der Waals surface area contributed by atoms with Gasteiger partial charge in [-0.1, -0.05) is 40.7 Å². The summed E-state index contributed by atoms with van der Waals surface area (Å²) >= 11 is 0. The van der Waals surface area contributed by atoms with Gasteiger partial charge < -0.3 is 10.1 Å². The van der Waals surface area contributed by atoms with Crippen molar-refractivity contribution in [3.8, 4) is 11.1 Å². The van der Waals surface area contributed by atoms with Crippen molar-refractivity contribution in [1.82, 2.24) is 4.98 Å². The van der Waals surface area contributed by atoms with E-state index in [1.54, 1.807) is 6.08 Å². The van der Waals surface area contributed by atoms with E-state index in [4.69, 9.17) is 5.11 Å². The molecule has 1 heterocycles. The van der Waals surface area contributed by atoms with E-state index in [-0.39, 0.29) is 10.8 Å². The smallest absolute Gasteiger partial charge is 0.328 e. The second kappa shape index (κ2) is 6.70. The molecule has 0 bridgehead atoms. The SMILES string of the molecule is CCc1c(-c2cc3c(cc2C)C(C)(C)CCC3(C)C)c[nH]c1C=CC(=O)O. The Morgan fingerprint density at radius 3 is 2.26 bits per heavy atom. The van der Waals surface area contributed by atoms with Crippen molar-refractivity contribution in [2.75, 3.05) is 0 Å². The van der Waals surface area contributed by atoms with Crippen LogP contribution in [0, 0.1) is 6.92 Å². The standard InChI is InChI=1S/C24H31NO2/c1-7-16-18(14-25-21(16)8-9-22(26)27)17-13-20-19(12-15(17)2)23(3,4)10-11-24(20,5)6/h8-9,12-14,25H,7,10-11H2,1-6H3,(H,26,27). The molecule has 2 N–H and O–H groups in total. The molecule has 3 nitrogen and oxygen atoms in total. The van der Waals surface area contributed by atoms with Crippen molar-refractivity contribution in [3.63, 3.8) is 0 Å². The summed E-state index contributed by atoms with van der Waals surface area (Å²) in [5.74, 6) is -0.929. The highest BCUT2D eigenvalue weighted by atomic mass is 16.4. The molecule has 0 fully saturated rings. The quantitative estimate of drug-likeness (QED) is 0.653. The molecule has 0 atom stereocenters. The van der Waals surface area contributed by atoms with Gasteiger partial charge in [-0.25, -0.2) is 4.79 Å². The third-order valence-corrected chi connectivity index (χ3v) is 6.26. The van der Waals surface area contributed by atoms with Gasteiger partial charge in [-0.3, -0.25) is 0 Å². The monoisotopic (exact) mass is 365 g/mol. The normalized spacial score (nSPS) is 17.9. The first-order valence-corrected chi connectivity index (χ1v) is 9.84. The minimum Gasteiger partial charge on any atom is -0.478 e. The highest BCUT2D eigenvalue weighted by molar-refractivity contribution is 5.86. The fourth-order valence-electron chi connectivity index (χ4n) is 4.41. The van der Waals surface area contributed by atoms with Gasteiger partial charge >= 0.3 is 5.97 Å². The molecule has 0 spiro atoms. The second-order valence-corrected chi connectivity index (χ2v) is 9.10. The molecule has 0 aliphatic heterocycles. The van der Waals surface area contributed by atoms with Crippen LogP contribution in [0.3, 0.4) is 0 Å². The highest BCUT2D eigenvalue weighted by Crippen LogP contribution is 2.48. The number of H-pyrrole nitrogens is 1. The summed E-state index contributed by atoms with van der Waals surface area (Å²) in [6, 6.07) is 4.77. The van der Waals surface area contributed by atoms with Crippen molar-refractivity contribution in [2.45, 2.75) is 71.6 Å². The molecule has 144 valence electrons. The van der Waals surface area contributed by atoms with E-state index < -0.39 is 5.97 Å². The molecule has 0 radical (unpaired) electrons. The molecule has 0 unspecified atom stereocenters. The number of hydrogen-bond donors (Lipinski definition) is 2. The molecule has 1 aliphatic carbocycles. The molecular formula is C24H31NO2. The zero-order valence-corrected chi connectivity index (χ0v) is 17.4. The van der Waals surface area contributed by atoms with Gasteiger partial charge in [-0.05, 0) is 77.0 Å². The van der Waals surface area contributed by atoms with Crippen LogP contribution in [0.1, 0.15) is 75.4 Å². The summed E-state index contributed by atoms with van der Waals surface area (Å²) in [7, 11) is 0. The first-order valence-electron chi connectivity index (χ1n) is 9.84. The van der Waals surface area contributed by atoms with Crippen LogP contribution in [-0.4, -0.2) is 16.1 Å². The number of fused-ring (bicyclic) bond motifs is 1. The lowest BCUT2D eigenvalue weighted by molar-refractivity contribution is -0.131. The van der Waals surface area contributed by atoms with Crippen molar-refractivity contribution in [1.29, 1.82) is 0 Å². The molecule has 1 aromatic carbocycles. The Hall–Kier alpha value is -2.29. The lowest BCUT2D eigenvalue weighted by atomic mass is 9.62. The number of rotatable bonds is 4. The van der Waals surface area contributed by atoms with E-state index in [0.717, 1.165) is 12.1 Å². The van der Waals surface area contributed by atoms with Crippen molar-refractivity contribution < 1.29 is 9.90 Å². The number of aromatic amines is 1. The Kier molecular flexibility index (Phi) is 4.83. The van der Waals surface area contributed by atoms with Crippen LogP contribution in [0.15, 0.2) is 24.4 Å². The molecule has 3 heteroatoms. The first-order chi connectivity index (χ1) is 12.6. The average molecular weight is 366 g/mol. The third-order valence-electron chi connectivity index (χ3n) is 6.26. The number of carboxylic acids is 1. The Bertz CT molecular complexity index is 913. The summed E-state index contributed by atoms with van der Waals surface area (Å²) in [5.41, 5.74) is 9.06. The van der Waals surface area contributed by atoms with Crippen LogP contribution < -0.4 is 0 Å². The van der Waals surface area contributed by atoms with E-state index in [9.17, 15) is 4.79 Å².